The lowest BCUT2D eigenvalue weighted by molar-refractivity contribution is -0.688. The van der Waals surface area contributed by atoms with Crippen molar-refractivity contribution in [3.8, 4) is 11.5 Å². The molecule has 0 aliphatic heterocycles. The van der Waals surface area contributed by atoms with Crippen molar-refractivity contribution in [1.29, 1.82) is 0 Å². The standard InChI is InChI=1S/C21H17BrFN2O.BrH/c1-13-7-14(2)20-19(8-13)24-21(26-20)16-9-17(22)12-25(11-16)10-15-5-3-4-6-18(15)23;/h3-9,11-12H,10H2,1-2H3;1H/q+1;/p-1. The topological polar surface area (TPSA) is 29.9 Å². The second-order valence-corrected chi connectivity index (χ2v) is 7.37. The van der Waals surface area contributed by atoms with E-state index in [9.17, 15) is 4.39 Å². The average molecular weight is 492 g/mol. The molecule has 3 nitrogen and oxygen atoms in total. The van der Waals surface area contributed by atoms with E-state index in [1.54, 1.807) is 12.1 Å². The SMILES string of the molecule is Cc1cc(C)c2oc(-c3cc(Br)c[n+](Cc4ccccc4F)c3)nc2c1.[Br-]. The molecule has 0 aliphatic carbocycles. The number of fused-ring (bicyclic) bond motifs is 1. The van der Waals surface area contributed by atoms with E-state index in [-0.39, 0.29) is 22.8 Å². The van der Waals surface area contributed by atoms with Crippen molar-refractivity contribution in [2.75, 3.05) is 0 Å². The van der Waals surface area contributed by atoms with Gasteiger partial charge >= 0.3 is 0 Å². The Balaban J connectivity index is 0.00000210. The van der Waals surface area contributed by atoms with Crippen molar-refractivity contribution in [2.24, 2.45) is 0 Å². The van der Waals surface area contributed by atoms with Crippen LogP contribution < -0.4 is 21.5 Å². The van der Waals surface area contributed by atoms with Crippen LogP contribution in [0.4, 0.5) is 4.39 Å². The highest BCUT2D eigenvalue weighted by Crippen LogP contribution is 2.28. The molecular weight excluding hydrogens is 475 g/mol. The average Bonchev–Trinajstić information content (AvgIpc) is 3.01. The summed E-state index contributed by atoms with van der Waals surface area (Å²) in [6.45, 7) is 4.49. The van der Waals surface area contributed by atoms with Crippen LogP contribution in [0.3, 0.4) is 0 Å². The molecule has 0 spiro atoms. The molecule has 0 saturated carbocycles. The Hall–Kier alpha value is -2.05. The van der Waals surface area contributed by atoms with E-state index in [2.05, 4.69) is 27.0 Å². The van der Waals surface area contributed by atoms with Gasteiger partial charge in [0.25, 0.3) is 0 Å². The van der Waals surface area contributed by atoms with Crippen molar-refractivity contribution in [1.82, 2.24) is 4.98 Å². The Morgan fingerprint density at radius 3 is 2.67 bits per heavy atom. The zero-order valence-corrected chi connectivity index (χ0v) is 18.0. The second-order valence-electron chi connectivity index (χ2n) is 6.46. The van der Waals surface area contributed by atoms with Crippen LogP contribution in [0.5, 0.6) is 0 Å². The van der Waals surface area contributed by atoms with E-state index < -0.39 is 0 Å². The van der Waals surface area contributed by atoms with Gasteiger partial charge in [0, 0.05) is 0 Å². The minimum atomic E-state index is -0.213. The summed E-state index contributed by atoms with van der Waals surface area (Å²) < 4.78 is 22.8. The first-order valence-corrected chi connectivity index (χ1v) is 9.10. The summed E-state index contributed by atoms with van der Waals surface area (Å²) >= 11 is 3.53. The Kier molecular flexibility index (Phi) is 5.77. The fourth-order valence-corrected chi connectivity index (χ4v) is 3.64. The van der Waals surface area contributed by atoms with E-state index in [4.69, 9.17) is 4.42 Å². The number of nitrogens with zero attached hydrogens (tertiary/aromatic N) is 2. The number of rotatable bonds is 3. The van der Waals surface area contributed by atoms with Crippen molar-refractivity contribution in [3.63, 3.8) is 0 Å². The van der Waals surface area contributed by atoms with Gasteiger partial charge in [-0.05, 0) is 65.2 Å². The smallest absolute Gasteiger partial charge is 0.233 e. The molecule has 0 N–H and O–H groups in total. The van der Waals surface area contributed by atoms with Gasteiger partial charge in [0.1, 0.15) is 16.9 Å². The van der Waals surface area contributed by atoms with Crippen molar-refractivity contribution in [2.45, 2.75) is 20.4 Å². The van der Waals surface area contributed by atoms with Crippen LogP contribution in [0.25, 0.3) is 22.6 Å². The first-order valence-electron chi connectivity index (χ1n) is 8.31. The largest absolute Gasteiger partial charge is 1.00 e. The second kappa shape index (κ2) is 7.90. The fourth-order valence-electron chi connectivity index (χ4n) is 3.13. The zero-order valence-electron chi connectivity index (χ0n) is 14.8. The summed E-state index contributed by atoms with van der Waals surface area (Å²) in [4.78, 5) is 4.64. The summed E-state index contributed by atoms with van der Waals surface area (Å²) in [5, 5.41) is 0. The van der Waals surface area contributed by atoms with E-state index in [0.717, 1.165) is 32.3 Å². The molecule has 27 heavy (non-hydrogen) atoms. The van der Waals surface area contributed by atoms with Crippen LogP contribution >= 0.6 is 15.9 Å². The predicted molar refractivity (Wildman–Crippen MR) is 102 cm³/mol. The summed E-state index contributed by atoms with van der Waals surface area (Å²) in [7, 11) is 0. The van der Waals surface area contributed by atoms with Crippen LogP contribution in [-0.4, -0.2) is 4.98 Å². The van der Waals surface area contributed by atoms with Gasteiger partial charge in [-0.15, -0.1) is 0 Å². The van der Waals surface area contributed by atoms with Crippen LogP contribution in [0, 0.1) is 19.7 Å². The maximum Gasteiger partial charge on any atom is 0.233 e. The number of aromatic nitrogens is 2. The fraction of sp³-hybridized carbons (Fsp3) is 0.143. The predicted octanol–water partition coefficient (Wildman–Crippen LogP) is 2.35. The van der Waals surface area contributed by atoms with Crippen LogP contribution in [0.2, 0.25) is 0 Å². The minimum absolute atomic E-state index is 0. The lowest BCUT2D eigenvalue weighted by Gasteiger charge is -2.02. The number of hydrogen-bond acceptors (Lipinski definition) is 2. The Labute approximate surface area is 175 Å². The number of halogens is 3. The summed E-state index contributed by atoms with van der Waals surface area (Å²) in [5.74, 6) is 0.340. The molecular formula is C21H17Br2FN2O. The highest BCUT2D eigenvalue weighted by Gasteiger charge is 2.16. The molecule has 2 heterocycles. The maximum absolute atomic E-state index is 14.0. The maximum atomic E-state index is 14.0. The number of benzene rings is 2. The molecule has 4 aromatic rings. The highest BCUT2D eigenvalue weighted by atomic mass is 79.9. The van der Waals surface area contributed by atoms with Crippen LogP contribution in [-0.2, 0) is 6.54 Å². The van der Waals surface area contributed by atoms with Gasteiger partial charge in [0.05, 0.1) is 10.0 Å². The first kappa shape index (κ1) is 19.7. The van der Waals surface area contributed by atoms with E-state index in [0.29, 0.717) is 18.0 Å². The van der Waals surface area contributed by atoms with Gasteiger partial charge in [0.2, 0.25) is 5.89 Å². The van der Waals surface area contributed by atoms with Gasteiger partial charge in [-0.2, -0.15) is 4.57 Å². The molecule has 0 fully saturated rings. The summed E-state index contributed by atoms with van der Waals surface area (Å²) in [6.07, 6.45) is 3.83. The first-order chi connectivity index (χ1) is 12.5. The molecule has 0 bridgehead atoms. The molecule has 2 aromatic carbocycles. The molecule has 0 unspecified atom stereocenters. The van der Waals surface area contributed by atoms with Crippen molar-refractivity contribution >= 4 is 27.0 Å². The van der Waals surface area contributed by atoms with E-state index in [1.165, 1.54) is 6.07 Å². The van der Waals surface area contributed by atoms with Gasteiger partial charge in [-0.3, -0.25) is 0 Å². The molecule has 0 amide bonds. The molecule has 6 heteroatoms. The van der Waals surface area contributed by atoms with Gasteiger partial charge in [0.15, 0.2) is 24.5 Å². The Morgan fingerprint density at radius 1 is 1.11 bits per heavy atom. The molecule has 2 aromatic heterocycles. The number of aryl methyl sites for hydroxylation is 2. The molecule has 4 rings (SSSR count). The molecule has 0 atom stereocenters. The summed E-state index contributed by atoms with van der Waals surface area (Å²) in [6, 6.07) is 12.8. The third kappa shape index (κ3) is 4.12. The minimum Gasteiger partial charge on any atom is -1.00 e. The van der Waals surface area contributed by atoms with Crippen LogP contribution in [0.15, 0.2) is 63.7 Å². The number of pyridine rings is 1. The van der Waals surface area contributed by atoms with Crippen molar-refractivity contribution < 1.29 is 30.4 Å². The van der Waals surface area contributed by atoms with E-state index >= 15 is 0 Å². The molecule has 0 aliphatic rings. The molecule has 0 radical (unpaired) electrons. The third-order valence-electron chi connectivity index (χ3n) is 4.27. The van der Waals surface area contributed by atoms with Crippen molar-refractivity contribution in [3.05, 3.63) is 81.8 Å². The van der Waals surface area contributed by atoms with Crippen LogP contribution in [0.1, 0.15) is 16.7 Å². The van der Waals surface area contributed by atoms with Gasteiger partial charge in [-0.1, -0.05) is 18.2 Å². The van der Waals surface area contributed by atoms with E-state index in [1.807, 2.05) is 49.0 Å². The summed E-state index contributed by atoms with van der Waals surface area (Å²) in [5.41, 5.74) is 5.32. The molecule has 0 saturated heterocycles. The lowest BCUT2D eigenvalue weighted by atomic mass is 10.1. The lowest BCUT2D eigenvalue weighted by Crippen LogP contribution is -3.00. The normalized spacial score (nSPS) is 10.8. The monoisotopic (exact) mass is 490 g/mol. The number of oxazole rings is 1. The third-order valence-corrected chi connectivity index (χ3v) is 4.70. The highest BCUT2D eigenvalue weighted by molar-refractivity contribution is 9.10. The Bertz CT molecular complexity index is 1120. The quantitative estimate of drug-likeness (QED) is 0.412. The van der Waals surface area contributed by atoms with Gasteiger partial charge < -0.3 is 21.4 Å². The Morgan fingerprint density at radius 2 is 1.89 bits per heavy atom. The zero-order chi connectivity index (χ0) is 18.3. The van der Waals surface area contributed by atoms with Gasteiger partial charge in [-0.25, -0.2) is 9.37 Å². The molecule has 138 valence electrons. The number of hydrogen-bond donors (Lipinski definition) is 0.